The zero-order valence-corrected chi connectivity index (χ0v) is 14.2. The standard InChI is InChI=1S/C19H16FNO5/c1-21-19(23)17-14-9-13(25-10-16(22)24-2)7-8-15(14)26-18(17)11-3-5-12(20)6-4-11/h3-9H,10H2,1-2H3,(H,21,23). The highest BCUT2D eigenvalue weighted by Crippen LogP contribution is 2.35. The van der Waals surface area contributed by atoms with Crippen LogP contribution in [0.25, 0.3) is 22.3 Å². The first kappa shape index (κ1) is 17.5. The van der Waals surface area contributed by atoms with E-state index >= 15 is 0 Å². The van der Waals surface area contributed by atoms with Gasteiger partial charge in [-0.1, -0.05) is 0 Å². The number of halogens is 1. The molecular weight excluding hydrogens is 341 g/mol. The fourth-order valence-corrected chi connectivity index (χ4v) is 2.52. The molecule has 0 fully saturated rings. The predicted molar refractivity (Wildman–Crippen MR) is 92.5 cm³/mol. The molecule has 1 aromatic heterocycles. The Balaban J connectivity index is 2.09. The second-order valence-electron chi connectivity index (χ2n) is 5.41. The van der Waals surface area contributed by atoms with Crippen molar-refractivity contribution in [3.63, 3.8) is 0 Å². The van der Waals surface area contributed by atoms with E-state index in [9.17, 15) is 14.0 Å². The van der Waals surface area contributed by atoms with Gasteiger partial charge >= 0.3 is 5.97 Å². The Kier molecular flexibility index (Phi) is 4.88. The average molecular weight is 357 g/mol. The van der Waals surface area contributed by atoms with E-state index in [1.54, 1.807) is 18.2 Å². The first-order valence-corrected chi connectivity index (χ1v) is 7.77. The molecule has 0 aliphatic rings. The summed E-state index contributed by atoms with van der Waals surface area (Å²) < 4.78 is 28.9. The first-order valence-electron chi connectivity index (χ1n) is 7.77. The summed E-state index contributed by atoms with van der Waals surface area (Å²) >= 11 is 0. The summed E-state index contributed by atoms with van der Waals surface area (Å²) in [6.07, 6.45) is 0. The first-order chi connectivity index (χ1) is 12.5. The van der Waals surface area contributed by atoms with E-state index in [4.69, 9.17) is 9.15 Å². The summed E-state index contributed by atoms with van der Waals surface area (Å²) in [6, 6.07) is 10.5. The lowest BCUT2D eigenvalue weighted by molar-refractivity contribution is -0.142. The molecule has 1 amide bonds. The minimum atomic E-state index is -0.518. The van der Waals surface area contributed by atoms with Crippen LogP contribution in [0.2, 0.25) is 0 Å². The molecule has 1 N–H and O–H groups in total. The predicted octanol–water partition coefficient (Wildman–Crippen LogP) is 3.15. The van der Waals surface area contributed by atoms with Gasteiger partial charge in [-0.05, 0) is 42.5 Å². The Bertz CT molecular complexity index is 962. The lowest BCUT2D eigenvalue weighted by Gasteiger charge is -2.05. The molecule has 7 heteroatoms. The smallest absolute Gasteiger partial charge is 0.343 e. The minimum absolute atomic E-state index is 0.250. The zero-order valence-electron chi connectivity index (χ0n) is 14.2. The maximum absolute atomic E-state index is 13.2. The molecule has 0 aliphatic carbocycles. The van der Waals surface area contributed by atoms with Crippen LogP contribution in [0.3, 0.4) is 0 Å². The van der Waals surface area contributed by atoms with E-state index in [0.29, 0.717) is 33.6 Å². The Morgan fingerprint density at radius 3 is 2.54 bits per heavy atom. The number of amides is 1. The fourth-order valence-electron chi connectivity index (χ4n) is 2.52. The number of nitrogens with one attached hydrogen (secondary N) is 1. The summed E-state index contributed by atoms with van der Waals surface area (Å²) in [5.74, 6) is -0.544. The quantitative estimate of drug-likeness (QED) is 0.710. The van der Waals surface area contributed by atoms with Crippen LogP contribution in [0.5, 0.6) is 5.75 Å². The zero-order chi connectivity index (χ0) is 18.7. The van der Waals surface area contributed by atoms with E-state index < -0.39 is 5.97 Å². The van der Waals surface area contributed by atoms with Crippen LogP contribution in [-0.2, 0) is 9.53 Å². The Morgan fingerprint density at radius 2 is 1.88 bits per heavy atom. The van der Waals surface area contributed by atoms with Gasteiger partial charge in [-0.2, -0.15) is 0 Å². The number of hydrogen-bond donors (Lipinski definition) is 1. The molecule has 0 saturated carbocycles. The number of carbonyl (C=O) groups is 2. The van der Waals surface area contributed by atoms with E-state index in [2.05, 4.69) is 10.1 Å². The van der Waals surface area contributed by atoms with Gasteiger partial charge in [0.05, 0.1) is 12.7 Å². The summed E-state index contributed by atoms with van der Waals surface area (Å²) in [4.78, 5) is 23.6. The van der Waals surface area contributed by atoms with Gasteiger partial charge in [-0.25, -0.2) is 9.18 Å². The Morgan fingerprint density at radius 1 is 1.15 bits per heavy atom. The molecule has 0 aliphatic heterocycles. The van der Waals surface area contributed by atoms with Crippen LogP contribution in [-0.4, -0.2) is 32.6 Å². The van der Waals surface area contributed by atoms with Gasteiger partial charge in [0.15, 0.2) is 6.61 Å². The topological polar surface area (TPSA) is 77.8 Å². The van der Waals surface area contributed by atoms with Crippen molar-refractivity contribution in [2.75, 3.05) is 20.8 Å². The largest absolute Gasteiger partial charge is 0.482 e. The lowest BCUT2D eigenvalue weighted by Crippen LogP contribution is -2.18. The monoisotopic (exact) mass is 357 g/mol. The maximum Gasteiger partial charge on any atom is 0.343 e. The number of fused-ring (bicyclic) bond motifs is 1. The molecule has 134 valence electrons. The normalized spacial score (nSPS) is 10.6. The van der Waals surface area contributed by atoms with E-state index in [0.717, 1.165) is 0 Å². The van der Waals surface area contributed by atoms with Crippen LogP contribution in [0.4, 0.5) is 4.39 Å². The van der Waals surface area contributed by atoms with Crippen molar-refractivity contribution < 1.29 is 27.9 Å². The van der Waals surface area contributed by atoms with Crippen LogP contribution in [0.15, 0.2) is 46.9 Å². The number of esters is 1. The van der Waals surface area contributed by atoms with E-state index in [1.165, 1.54) is 38.4 Å². The number of hydrogen-bond acceptors (Lipinski definition) is 5. The number of furan rings is 1. The maximum atomic E-state index is 13.2. The minimum Gasteiger partial charge on any atom is -0.482 e. The summed E-state index contributed by atoms with van der Waals surface area (Å²) in [5.41, 5.74) is 1.34. The van der Waals surface area contributed by atoms with Crippen LogP contribution < -0.4 is 10.1 Å². The van der Waals surface area contributed by atoms with Crippen molar-refractivity contribution >= 4 is 22.8 Å². The number of ether oxygens (including phenoxy) is 2. The van der Waals surface area contributed by atoms with Crippen molar-refractivity contribution in [3.8, 4) is 17.1 Å². The third-order valence-corrected chi connectivity index (χ3v) is 3.80. The van der Waals surface area contributed by atoms with Gasteiger partial charge in [0, 0.05) is 18.0 Å². The second kappa shape index (κ2) is 7.26. The SMILES string of the molecule is CNC(=O)c1c(-c2ccc(F)cc2)oc2ccc(OCC(=O)OC)cc12. The Hall–Kier alpha value is -3.35. The van der Waals surface area contributed by atoms with Crippen LogP contribution in [0, 0.1) is 5.82 Å². The van der Waals surface area contributed by atoms with Crippen molar-refractivity contribution in [1.82, 2.24) is 5.32 Å². The van der Waals surface area contributed by atoms with Gasteiger partial charge in [-0.3, -0.25) is 4.79 Å². The van der Waals surface area contributed by atoms with Gasteiger partial charge < -0.3 is 19.2 Å². The molecule has 0 unspecified atom stereocenters. The van der Waals surface area contributed by atoms with Crippen molar-refractivity contribution in [2.24, 2.45) is 0 Å². The third kappa shape index (κ3) is 3.37. The molecule has 0 bridgehead atoms. The van der Waals surface area contributed by atoms with Gasteiger partial charge in [0.2, 0.25) is 0 Å². The summed E-state index contributed by atoms with van der Waals surface area (Å²) in [6.45, 7) is -0.250. The molecule has 0 atom stereocenters. The highest BCUT2D eigenvalue weighted by atomic mass is 19.1. The number of methoxy groups -OCH3 is 1. The van der Waals surface area contributed by atoms with Gasteiger partial charge in [-0.15, -0.1) is 0 Å². The van der Waals surface area contributed by atoms with Crippen molar-refractivity contribution in [2.45, 2.75) is 0 Å². The fraction of sp³-hybridized carbons (Fsp3) is 0.158. The van der Waals surface area contributed by atoms with Crippen LogP contribution >= 0.6 is 0 Å². The van der Waals surface area contributed by atoms with Crippen LogP contribution in [0.1, 0.15) is 10.4 Å². The molecule has 2 aromatic carbocycles. The third-order valence-electron chi connectivity index (χ3n) is 3.80. The van der Waals surface area contributed by atoms with E-state index in [1.807, 2.05) is 0 Å². The molecule has 1 heterocycles. The molecule has 6 nitrogen and oxygen atoms in total. The van der Waals surface area contributed by atoms with E-state index in [-0.39, 0.29) is 18.3 Å². The number of carbonyl (C=O) groups excluding carboxylic acids is 2. The molecule has 0 radical (unpaired) electrons. The Labute approximate surface area is 148 Å². The summed E-state index contributed by atoms with van der Waals surface area (Å²) in [5, 5.41) is 3.09. The van der Waals surface area contributed by atoms with Crippen molar-refractivity contribution in [3.05, 3.63) is 53.8 Å². The molecule has 3 rings (SSSR count). The number of benzene rings is 2. The average Bonchev–Trinajstić information content (AvgIpc) is 3.04. The number of rotatable bonds is 5. The molecule has 3 aromatic rings. The second-order valence-corrected chi connectivity index (χ2v) is 5.41. The molecular formula is C19H16FNO5. The molecule has 0 spiro atoms. The van der Waals surface area contributed by atoms with Gasteiger partial charge in [0.25, 0.3) is 5.91 Å². The molecule has 0 saturated heterocycles. The highest BCUT2D eigenvalue weighted by molar-refractivity contribution is 6.11. The highest BCUT2D eigenvalue weighted by Gasteiger charge is 2.22. The van der Waals surface area contributed by atoms with Gasteiger partial charge in [0.1, 0.15) is 22.9 Å². The molecule has 26 heavy (non-hydrogen) atoms. The lowest BCUT2D eigenvalue weighted by atomic mass is 10.0. The van der Waals surface area contributed by atoms with Crippen molar-refractivity contribution in [1.29, 1.82) is 0 Å². The summed E-state index contributed by atoms with van der Waals surface area (Å²) in [7, 11) is 2.77.